The molecule has 82 valence electrons. The fraction of sp³-hybridized carbons (Fsp3) is 0.444. The molecule has 2 N–H and O–H groups in total. The number of carbonyl (C=O) groups excluding carboxylic acids is 1. The Morgan fingerprint density at radius 3 is 2.60 bits per heavy atom. The van der Waals surface area contributed by atoms with E-state index in [9.17, 15) is 9.59 Å². The monoisotopic (exact) mass is 212 g/mol. The van der Waals surface area contributed by atoms with Gasteiger partial charge in [0.15, 0.2) is 0 Å². The molecular weight excluding hydrogens is 200 g/mol. The van der Waals surface area contributed by atoms with Gasteiger partial charge < -0.3 is 14.9 Å². The highest BCUT2D eigenvalue weighted by atomic mass is 16.5. The second-order valence-corrected chi connectivity index (χ2v) is 3.15. The summed E-state index contributed by atoms with van der Waals surface area (Å²) < 4.78 is 4.89. The molecule has 6 heteroatoms. The van der Waals surface area contributed by atoms with Crippen molar-refractivity contribution in [3.05, 3.63) is 17.0 Å². The lowest BCUT2D eigenvalue weighted by molar-refractivity contribution is -0.140. The van der Waals surface area contributed by atoms with E-state index >= 15 is 0 Å². The molecule has 1 rings (SSSR count). The van der Waals surface area contributed by atoms with Crippen molar-refractivity contribution >= 4 is 11.9 Å². The molecule has 1 heterocycles. The third-order valence-corrected chi connectivity index (χ3v) is 1.96. The fourth-order valence-electron chi connectivity index (χ4n) is 1.14. The molecule has 0 atom stereocenters. The lowest BCUT2D eigenvalue weighted by atomic mass is 10.2. The first-order valence-electron chi connectivity index (χ1n) is 4.41. The number of hydrogen-bond donors (Lipinski definition) is 2. The summed E-state index contributed by atoms with van der Waals surface area (Å²) >= 11 is 0. The van der Waals surface area contributed by atoms with Gasteiger partial charge in [-0.05, 0) is 13.8 Å². The molecular formula is C9H12N2O4. The minimum atomic E-state index is -1.15. The summed E-state index contributed by atoms with van der Waals surface area (Å²) in [5.41, 5.74) is 1.48. The molecule has 0 bridgehead atoms. The number of nitrogens with one attached hydrogen (secondary N) is 1. The second-order valence-electron chi connectivity index (χ2n) is 3.15. The predicted molar refractivity (Wildman–Crippen MR) is 50.1 cm³/mol. The van der Waals surface area contributed by atoms with E-state index in [2.05, 4.69) is 10.5 Å². The third kappa shape index (κ3) is 3.08. The summed E-state index contributed by atoms with van der Waals surface area (Å²) in [6, 6.07) is 0. The topological polar surface area (TPSA) is 92.4 Å². The van der Waals surface area contributed by atoms with Gasteiger partial charge in [-0.15, -0.1) is 0 Å². The lowest BCUT2D eigenvalue weighted by Gasteiger charge is -2.02. The molecule has 0 unspecified atom stereocenters. The van der Waals surface area contributed by atoms with Crippen LogP contribution in [0, 0.1) is 13.8 Å². The van der Waals surface area contributed by atoms with Gasteiger partial charge in [-0.25, -0.2) is 0 Å². The number of carboxylic acids is 1. The number of aryl methyl sites for hydroxylation is 2. The molecule has 0 spiro atoms. The van der Waals surface area contributed by atoms with Crippen molar-refractivity contribution in [1.29, 1.82) is 0 Å². The number of nitrogens with zero attached hydrogens (tertiary/aromatic N) is 1. The normalized spacial score (nSPS) is 10.0. The Morgan fingerprint density at radius 1 is 1.47 bits per heavy atom. The molecule has 1 amide bonds. The Kier molecular flexibility index (Phi) is 3.43. The maximum atomic E-state index is 11.0. The van der Waals surface area contributed by atoms with Gasteiger partial charge in [0.05, 0.1) is 5.69 Å². The van der Waals surface area contributed by atoms with E-state index < -0.39 is 18.3 Å². The first-order valence-corrected chi connectivity index (χ1v) is 4.41. The SMILES string of the molecule is Cc1noc(C)c1CNC(=O)CC(=O)O. The van der Waals surface area contributed by atoms with Crippen LogP contribution in [0.2, 0.25) is 0 Å². The maximum absolute atomic E-state index is 11.0. The van der Waals surface area contributed by atoms with Crippen molar-refractivity contribution in [1.82, 2.24) is 10.5 Å². The first-order chi connectivity index (χ1) is 7.00. The van der Waals surface area contributed by atoms with Gasteiger partial charge in [-0.1, -0.05) is 5.16 Å². The highest BCUT2D eigenvalue weighted by molar-refractivity contribution is 5.93. The smallest absolute Gasteiger partial charge is 0.312 e. The van der Waals surface area contributed by atoms with Crippen molar-refractivity contribution < 1.29 is 19.2 Å². The van der Waals surface area contributed by atoms with Gasteiger partial charge in [-0.2, -0.15) is 0 Å². The van der Waals surface area contributed by atoms with Crippen molar-refractivity contribution in [3.63, 3.8) is 0 Å². The van der Waals surface area contributed by atoms with Crippen LogP contribution >= 0.6 is 0 Å². The molecule has 1 aromatic rings. The number of hydrogen-bond acceptors (Lipinski definition) is 4. The van der Waals surface area contributed by atoms with Crippen LogP contribution in [0.4, 0.5) is 0 Å². The average Bonchev–Trinajstić information content (AvgIpc) is 2.42. The summed E-state index contributed by atoms with van der Waals surface area (Å²) in [7, 11) is 0. The van der Waals surface area contributed by atoms with Crippen LogP contribution in [-0.2, 0) is 16.1 Å². The first kappa shape index (κ1) is 11.2. The Morgan fingerprint density at radius 2 is 2.13 bits per heavy atom. The standard InChI is InChI=1S/C9H12N2O4/c1-5-7(6(2)15-11-5)4-10-8(12)3-9(13)14/h3-4H2,1-2H3,(H,10,12)(H,13,14). The number of aromatic nitrogens is 1. The number of amides is 1. The largest absolute Gasteiger partial charge is 0.481 e. The van der Waals surface area contributed by atoms with Crippen LogP contribution in [0.25, 0.3) is 0 Å². The van der Waals surface area contributed by atoms with Crippen LogP contribution in [0.1, 0.15) is 23.4 Å². The van der Waals surface area contributed by atoms with E-state index in [1.807, 2.05) is 0 Å². The molecule has 0 saturated carbocycles. The minimum absolute atomic E-state index is 0.243. The zero-order valence-electron chi connectivity index (χ0n) is 8.53. The van der Waals surface area contributed by atoms with Crippen LogP contribution in [0.5, 0.6) is 0 Å². The summed E-state index contributed by atoms with van der Waals surface area (Å²) in [4.78, 5) is 21.2. The van der Waals surface area contributed by atoms with Gasteiger partial charge in [0.1, 0.15) is 12.2 Å². The Bertz CT molecular complexity index is 364. The maximum Gasteiger partial charge on any atom is 0.312 e. The second kappa shape index (κ2) is 4.59. The van der Waals surface area contributed by atoms with E-state index in [1.165, 1.54) is 0 Å². The summed E-state index contributed by atoms with van der Waals surface area (Å²) in [6.45, 7) is 3.74. The zero-order valence-corrected chi connectivity index (χ0v) is 8.53. The Labute approximate surface area is 86.3 Å². The summed E-state index contributed by atoms with van der Waals surface area (Å²) in [5, 5.41) is 14.5. The van der Waals surface area contributed by atoms with Crippen molar-refractivity contribution in [2.45, 2.75) is 26.8 Å². The highest BCUT2D eigenvalue weighted by Gasteiger charge is 2.11. The van der Waals surface area contributed by atoms with Crippen LogP contribution < -0.4 is 5.32 Å². The van der Waals surface area contributed by atoms with Crippen molar-refractivity contribution in [2.24, 2.45) is 0 Å². The molecule has 0 aromatic carbocycles. The van der Waals surface area contributed by atoms with E-state index in [4.69, 9.17) is 9.63 Å². The Hall–Kier alpha value is -1.85. The number of rotatable bonds is 4. The van der Waals surface area contributed by atoms with Crippen LogP contribution in [0.15, 0.2) is 4.52 Å². The molecule has 0 radical (unpaired) electrons. The van der Waals surface area contributed by atoms with Gasteiger partial charge in [0, 0.05) is 12.1 Å². The number of carboxylic acid groups (broad SMARTS) is 1. The minimum Gasteiger partial charge on any atom is -0.481 e. The summed E-state index contributed by atoms with van der Waals surface area (Å²) in [5.74, 6) is -1.04. The number of carbonyl (C=O) groups is 2. The van der Waals surface area contributed by atoms with E-state index in [1.54, 1.807) is 13.8 Å². The molecule has 0 aliphatic rings. The average molecular weight is 212 g/mol. The lowest BCUT2D eigenvalue weighted by Crippen LogP contribution is -2.25. The zero-order chi connectivity index (χ0) is 11.4. The predicted octanol–water partition coefficient (Wildman–Crippen LogP) is 0.382. The van der Waals surface area contributed by atoms with E-state index in [0.29, 0.717) is 11.5 Å². The van der Waals surface area contributed by atoms with Gasteiger partial charge in [0.25, 0.3) is 0 Å². The third-order valence-electron chi connectivity index (χ3n) is 1.96. The highest BCUT2D eigenvalue weighted by Crippen LogP contribution is 2.11. The molecule has 0 aliphatic carbocycles. The molecule has 0 aliphatic heterocycles. The van der Waals surface area contributed by atoms with E-state index in [0.717, 1.165) is 5.56 Å². The van der Waals surface area contributed by atoms with Crippen molar-refractivity contribution in [3.8, 4) is 0 Å². The number of aliphatic carboxylic acids is 1. The van der Waals surface area contributed by atoms with Gasteiger partial charge in [-0.3, -0.25) is 9.59 Å². The van der Waals surface area contributed by atoms with E-state index in [-0.39, 0.29) is 6.54 Å². The van der Waals surface area contributed by atoms with Gasteiger partial charge >= 0.3 is 5.97 Å². The molecule has 15 heavy (non-hydrogen) atoms. The van der Waals surface area contributed by atoms with Crippen LogP contribution in [0.3, 0.4) is 0 Å². The quantitative estimate of drug-likeness (QED) is 0.704. The molecule has 0 saturated heterocycles. The van der Waals surface area contributed by atoms with Crippen LogP contribution in [-0.4, -0.2) is 22.1 Å². The fourth-order valence-corrected chi connectivity index (χ4v) is 1.14. The molecule has 6 nitrogen and oxygen atoms in total. The molecule has 0 fully saturated rings. The van der Waals surface area contributed by atoms with Gasteiger partial charge in [0.2, 0.25) is 5.91 Å². The van der Waals surface area contributed by atoms with Crippen molar-refractivity contribution in [2.75, 3.05) is 0 Å². The Balaban J connectivity index is 2.50. The molecule has 1 aromatic heterocycles. The summed E-state index contributed by atoms with van der Waals surface area (Å²) in [6.07, 6.45) is -0.524.